The summed E-state index contributed by atoms with van der Waals surface area (Å²) in [7, 11) is 0. The Kier molecular flexibility index (Phi) is 4.15. The van der Waals surface area contributed by atoms with Crippen LogP contribution in [0, 0.1) is 12.7 Å². The number of rotatable bonds is 3. The van der Waals surface area contributed by atoms with Gasteiger partial charge in [0.25, 0.3) is 5.91 Å². The Hall–Kier alpha value is -3.01. The van der Waals surface area contributed by atoms with Crippen LogP contribution >= 0.6 is 0 Å². The van der Waals surface area contributed by atoms with Gasteiger partial charge in [-0.3, -0.25) is 9.78 Å². The topological polar surface area (TPSA) is 42.0 Å². The van der Waals surface area contributed by atoms with Crippen LogP contribution in [0.3, 0.4) is 0 Å². The Bertz CT molecular complexity index is 844. The van der Waals surface area contributed by atoms with Crippen LogP contribution in [0.1, 0.15) is 15.9 Å². The van der Waals surface area contributed by atoms with Crippen LogP contribution in [-0.2, 0) is 0 Å². The maximum Gasteiger partial charge on any atom is 0.257 e. The van der Waals surface area contributed by atoms with Gasteiger partial charge in [-0.1, -0.05) is 24.3 Å². The van der Waals surface area contributed by atoms with Crippen molar-refractivity contribution < 1.29 is 9.18 Å². The van der Waals surface area contributed by atoms with E-state index in [1.165, 1.54) is 30.5 Å². The Labute approximate surface area is 133 Å². The molecule has 0 saturated heterocycles. The van der Waals surface area contributed by atoms with Gasteiger partial charge in [-0.15, -0.1) is 0 Å². The minimum absolute atomic E-state index is 0.278. The molecule has 4 heteroatoms. The second kappa shape index (κ2) is 6.40. The summed E-state index contributed by atoms with van der Waals surface area (Å²) in [4.78, 5) is 16.5. The van der Waals surface area contributed by atoms with Crippen LogP contribution in [-0.4, -0.2) is 10.9 Å². The van der Waals surface area contributed by atoms with Gasteiger partial charge in [-0.25, -0.2) is 4.39 Å². The molecule has 3 aromatic rings. The number of hydrogen-bond acceptors (Lipinski definition) is 2. The largest absolute Gasteiger partial charge is 0.322 e. The molecule has 3 nitrogen and oxygen atoms in total. The third-order valence-corrected chi connectivity index (χ3v) is 3.56. The normalized spacial score (nSPS) is 10.3. The van der Waals surface area contributed by atoms with Gasteiger partial charge in [0.1, 0.15) is 5.82 Å². The highest BCUT2D eigenvalue weighted by molar-refractivity contribution is 6.04. The lowest BCUT2D eigenvalue weighted by molar-refractivity contribution is 0.102. The fourth-order valence-corrected chi connectivity index (χ4v) is 2.34. The van der Waals surface area contributed by atoms with Crippen LogP contribution < -0.4 is 5.32 Å². The summed E-state index contributed by atoms with van der Waals surface area (Å²) >= 11 is 0. The molecule has 1 heterocycles. The van der Waals surface area contributed by atoms with Gasteiger partial charge >= 0.3 is 0 Å². The average Bonchev–Trinajstić information content (AvgIpc) is 2.57. The number of pyridine rings is 1. The first-order valence-corrected chi connectivity index (χ1v) is 7.21. The summed E-state index contributed by atoms with van der Waals surface area (Å²) in [6.45, 7) is 2.01. The molecule has 0 atom stereocenters. The molecule has 2 aromatic carbocycles. The predicted octanol–water partition coefficient (Wildman–Crippen LogP) is 4.45. The van der Waals surface area contributed by atoms with Crippen LogP contribution in [0.4, 0.5) is 10.1 Å². The van der Waals surface area contributed by atoms with Crippen molar-refractivity contribution in [1.82, 2.24) is 4.98 Å². The van der Waals surface area contributed by atoms with Gasteiger partial charge in [0.15, 0.2) is 0 Å². The second-order valence-corrected chi connectivity index (χ2v) is 5.24. The monoisotopic (exact) mass is 306 g/mol. The molecule has 23 heavy (non-hydrogen) atoms. The number of benzene rings is 2. The predicted molar refractivity (Wildman–Crippen MR) is 88.8 cm³/mol. The van der Waals surface area contributed by atoms with Crippen molar-refractivity contribution in [3.05, 3.63) is 83.9 Å². The van der Waals surface area contributed by atoms with E-state index in [2.05, 4.69) is 10.3 Å². The minimum atomic E-state index is -0.341. The fourth-order valence-electron chi connectivity index (χ4n) is 2.34. The number of carbonyl (C=O) groups is 1. The van der Waals surface area contributed by atoms with Crippen molar-refractivity contribution in [2.24, 2.45) is 0 Å². The fraction of sp³-hybridized carbons (Fsp3) is 0.0526. The number of aryl methyl sites for hydroxylation is 1. The van der Waals surface area contributed by atoms with Crippen molar-refractivity contribution in [1.29, 1.82) is 0 Å². The Morgan fingerprint density at radius 1 is 1.04 bits per heavy atom. The first-order chi connectivity index (χ1) is 11.1. The molecule has 1 amide bonds. The van der Waals surface area contributed by atoms with Gasteiger partial charge in [0.05, 0.1) is 5.56 Å². The summed E-state index contributed by atoms with van der Waals surface area (Å²) in [6, 6.07) is 15.4. The molecule has 0 radical (unpaired) electrons. The number of nitrogens with zero attached hydrogens (tertiary/aromatic N) is 1. The first kappa shape index (κ1) is 14.9. The summed E-state index contributed by atoms with van der Waals surface area (Å²) < 4.78 is 12.9. The third-order valence-electron chi connectivity index (χ3n) is 3.56. The lowest BCUT2D eigenvalue weighted by Gasteiger charge is -2.08. The van der Waals surface area contributed by atoms with Crippen molar-refractivity contribution in [2.45, 2.75) is 6.92 Å². The van der Waals surface area contributed by atoms with Gasteiger partial charge in [0.2, 0.25) is 0 Å². The lowest BCUT2D eigenvalue weighted by Crippen LogP contribution is -2.12. The highest BCUT2D eigenvalue weighted by atomic mass is 19.1. The van der Waals surface area contributed by atoms with Gasteiger partial charge in [-0.05, 0) is 48.4 Å². The summed E-state index contributed by atoms with van der Waals surface area (Å²) in [5.41, 5.74) is 4.03. The van der Waals surface area contributed by atoms with E-state index in [-0.39, 0.29) is 11.7 Å². The number of nitrogens with one attached hydrogen (secondary N) is 1. The Morgan fingerprint density at radius 2 is 1.78 bits per heavy atom. The molecular weight excluding hydrogens is 291 g/mol. The Morgan fingerprint density at radius 3 is 2.52 bits per heavy atom. The van der Waals surface area contributed by atoms with Crippen molar-refractivity contribution in [3.8, 4) is 11.1 Å². The van der Waals surface area contributed by atoms with E-state index in [9.17, 15) is 9.18 Å². The lowest BCUT2D eigenvalue weighted by atomic mass is 10.0. The van der Waals surface area contributed by atoms with Gasteiger partial charge in [-0.2, -0.15) is 0 Å². The van der Waals surface area contributed by atoms with Crippen molar-refractivity contribution in [3.63, 3.8) is 0 Å². The van der Waals surface area contributed by atoms with E-state index in [0.29, 0.717) is 11.3 Å². The van der Waals surface area contributed by atoms with E-state index >= 15 is 0 Å². The first-order valence-electron chi connectivity index (χ1n) is 7.21. The van der Waals surface area contributed by atoms with E-state index in [4.69, 9.17) is 0 Å². The highest BCUT2D eigenvalue weighted by Crippen LogP contribution is 2.23. The van der Waals surface area contributed by atoms with E-state index < -0.39 is 0 Å². The molecule has 0 bridgehead atoms. The number of carbonyl (C=O) groups excluding carboxylic acids is 1. The zero-order valence-electron chi connectivity index (χ0n) is 12.6. The quantitative estimate of drug-likeness (QED) is 0.777. The van der Waals surface area contributed by atoms with Crippen LogP contribution in [0.2, 0.25) is 0 Å². The molecule has 3 rings (SSSR count). The molecule has 0 aliphatic carbocycles. The smallest absolute Gasteiger partial charge is 0.257 e. The number of anilines is 1. The van der Waals surface area contributed by atoms with E-state index in [1.807, 2.05) is 31.2 Å². The maximum atomic E-state index is 12.9. The van der Waals surface area contributed by atoms with Crippen molar-refractivity contribution in [2.75, 3.05) is 5.32 Å². The molecule has 114 valence electrons. The van der Waals surface area contributed by atoms with E-state index in [1.54, 1.807) is 12.3 Å². The van der Waals surface area contributed by atoms with Gasteiger partial charge < -0.3 is 5.32 Å². The number of amides is 1. The third kappa shape index (κ3) is 3.43. The molecule has 0 aliphatic rings. The summed E-state index contributed by atoms with van der Waals surface area (Å²) in [5.74, 6) is -0.620. The zero-order valence-corrected chi connectivity index (χ0v) is 12.6. The summed E-state index contributed by atoms with van der Waals surface area (Å²) in [5, 5.41) is 2.73. The molecule has 0 saturated carbocycles. The molecular formula is C19H15FN2O. The van der Waals surface area contributed by atoms with Gasteiger partial charge in [0, 0.05) is 23.6 Å². The SMILES string of the molecule is Cc1ccccc1-c1cncc(C(=O)Nc2ccc(F)cc2)c1. The van der Waals surface area contributed by atoms with Crippen LogP contribution in [0.25, 0.3) is 11.1 Å². The average molecular weight is 306 g/mol. The maximum absolute atomic E-state index is 12.9. The molecule has 0 aliphatic heterocycles. The minimum Gasteiger partial charge on any atom is -0.322 e. The van der Waals surface area contributed by atoms with E-state index in [0.717, 1.165) is 16.7 Å². The van der Waals surface area contributed by atoms with Crippen LogP contribution in [0.5, 0.6) is 0 Å². The molecule has 1 aromatic heterocycles. The number of halogens is 1. The highest BCUT2D eigenvalue weighted by Gasteiger charge is 2.09. The molecule has 0 unspecified atom stereocenters. The standard InChI is InChI=1S/C19H15FN2O/c1-13-4-2-3-5-18(13)14-10-15(12-21-11-14)19(23)22-17-8-6-16(20)7-9-17/h2-12H,1H3,(H,22,23). The Balaban J connectivity index is 1.86. The van der Waals surface area contributed by atoms with Crippen LogP contribution in [0.15, 0.2) is 67.0 Å². The zero-order chi connectivity index (χ0) is 16.2. The molecule has 0 spiro atoms. The van der Waals surface area contributed by atoms with Crippen molar-refractivity contribution >= 4 is 11.6 Å². The summed E-state index contributed by atoms with van der Waals surface area (Å²) in [6.07, 6.45) is 3.25. The number of aromatic nitrogens is 1. The molecule has 1 N–H and O–H groups in total. The second-order valence-electron chi connectivity index (χ2n) is 5.24. The number of hydrogen-bond donors (Lipinski definition) is 1. The molecule has 0 fully saturated rings.